The smallest absolute Gasteiger partial charge is 0.178 e. The molecule has 0 saturated carbocycles. The average molecular weight is 292 g/mol. The van der Waals surface area contributed by atoms with Crippen molar-refractivity contribution < 1.29 is 14.4 Å². The minimum absolute atomic E-state index is 0.0164. The Kier molecular flexibility index (Phi) is 4.79. The summed E-state index contributed by atoms with van der Waals surface area (Å²) in [5, 5.41) is 0. The number of hydrogen-bond donors (Lipinski definition) is 0. The molecule has 0 radical (unpaired) electrons. The number of ketones is 3. The molecule has 0 spiro atoms. The van der Waals surface area contributed by atoms with E-state index in [9.17, 15) is 14.4 Å². The van der Waals surface area contributed by atoms with Crippen molar-refractivity contribution in [1.82, 2.24) is 0 Å². The molecule has 2 aromatic rings. The van der Waals surface area contributed by atoms with Gasteiger partial charge >= 0.3 is 0 Å². The van der Waals surface area contributed by atoms with Gasteiger partial charge in [-0.2, -0.15) is 0 Å². The molecule has 0 aliphatic heterocycles. The molecule has 110 valence electrons. The summed E-state index contributed by atoms with van der Waals surface area (Å²) >= 11 is 0. The van der Waals surface area contributed by atoms with Crippen LogP contribution < -0.4 is 0 Å². The summed E-state index contributed by atoms with van der Waals surface area (Å²) in [6.45, 7) is 4.97. The Hall–Kier alpha value is -2.81. The molecule has 0 aliphatic carbocycles. The summed E-state index contributed by atoms with van der Waals surface area (Å²) in [5.74, 6) is -2.36. The summed E-state index contributed by atoms with van der Waals surface area (Å²) in [7, 11) is 0. The van der Waals surface area contributed by atoms with Crippen molar-refractivity contribution in [3.63, 3.8) is 0 Å². The van der Waals surface area contributed by atoms with Crippen LogP contribution in [0, 0.1) is 5.92 Å². The highest BCUT2D eigenvalue weighted by Crippen LogP contribution is 2.22. The van der Waals surface area contributed by atoms with Crippen molar-refractivity contribution in [2.24, 2.45) is 5.92 Å². The van der Waals surface area contributed by atoms with E-state index < -0.39 is 17.5 Å². The van der Waals surface area contributed by atoms with Crippen molar-refractivity contribution >= 4 is 17.3 Å². The topological polar surface area (TPSA) is 51.2 Å². The van der Waals surface area contributed by atoms with Crippen LogP contribution in [0.2, 0.25) is 0 Å². The number of carbonyl (C=O) groups excluding carboxylic acids is 3. The van der Waals surface area contributed by atoms with Gasteiger partial charge in [-0.1, -0.05) is 67.2 Å². The van der Waals surface area contributed by atoms with Crippen molar-refractivity contribution in [3.05, 3.63) is 83.9 Å². The molecular formula is C19H16O3. The van der Waals surface area contributed by atoms with Crippen LogP contribution >= 0.6 is 0 Å². The Morgan fingerprint density at radius 3 is 1.45 bits per heavy atom. The molecule has 0 fully saturated rings. The number of rotatable bonds is 6. The van der Waals surface area contributed by atoms with Gasteiger partial charge in [-0.25, -0.2) is 0 Å². The second-order valence-corrected chi connectivity index (χ2v) is 4.97. The largest absolute Gasteiger partial charge is 0.295 e. The van der Waals surface area contributed by atoms with E-state index in [4.69, 9.17) is 0 Å². The highest BCUT2D eigenvalue weighted by Gasteiger charge is 2.32. The molecule has 0 saturated heterocycles. The lowest BCUT2D eigenvalue weighted by Crippen LogP contribution is -2.28. The summed E-state index contributed by atoms with van der Waals surface area (Å²) in [6.07, 6.45) is 0. The number of benzene rings is 2. The van der Waals surface area contributed by atoms with Gasteiger partial charge in [0.25, 0.3) is 0 Å². The maximum atomic E-state index is 12.7. The molecule has 3 heteroatoms. The molecule has 0 heterocycles. The van der Waals surface area contributed by atoms with Crippen LogP contribution in [0.4, 0.5) is 0 Å². The van der Waals surface area contributed by atoms with Crippen molar-refractivity contribution in [3.8, 4) is 0 Å². The predicted octanol–water partition coefficient (Wildman–Crippen LogP) is 3.51. The number of Topliss-reactive ketones (excluding diaryl/α,β-unsaturated/α-hetero) is 3. The second-order valence-electron chi connectivity index (χ2n) is 4.97. The molecule has 3 nitrogen and oxygen atoms in total. The van der Waals surface area contributed by atoms with Gasteiger partial charge in [0.05, 0.1) is 0 Å². The SMILES string of the molecule is C=C(C(C)=O)C(C(=O)c1ccccc1)C(=O)c1ccccc1. The van der Waals surface area contributed by atoms with Crippen LogP contribution in [0.3, 0.4) is 0 Å². The Bertz CT molecular complexity index is 663. The molecule has 0 amide bonds. The third kappa shape index (κ3) is 3.26. The molecule has 0 aromatic heterocycles. The zero-order valence-corrected chi connectivity index (χ0v) is 12.3. The first-order valence-corrected chi connectivity index (χ1v) is 6.90. The zero-order valence-electron chi connectivity index (χ0n) is 12.3. The summed E-state index contributed by atoms with van der Waals surface area (Å²) < 4.78 is 0. The first kappa shape index (κ1) is 15.6. The quantitative estimate of drug-likeness (QED) is 0.465. The lowest BCUT2D eigenvalue weighted by atomic mass is 9.83. The van der Waals surface area contributed by atoms with E-state index in [-0.39, 0.29) is 11.4 Å². The lowest BCUT2D eigenvalue weighted by molar-refractivity contribution is -0.113. The summed E-state index contributed by atoms with van der Waals surface area (Å²) in [4.78, 5) is 37.0. The fraction of sp³-hybridized carbons (Fsp3) is 0.105. The van der Waals surface area contributed by atoms with E-state index in [2.05, 4.69) is 6.58 Å². The minimum atomic E-state index is -1.18. The minimum Gasteiger partial charge on any atom is -0.295 e. The second kappa shape index (κ2) is 6.76. The van der Waals surface area contributed by atoms with Gasteiger partial charge in [0.15, 0.2) is 17.3 Å². The van der Waals surface area contributed by atoms with E-state index in [0.717, 1.165) is 0 Å². The van der Waals surface area contributed by atoms with Crippen LogP contribution in [-0.4, -0.2) is 17.3 Å². The van der Waals surface area contributed by atoms with Crippen LogP contribution in [-0.2, 0) is 4.79 Å². The molecule has 0 bridgehead atoms. The molecule has 0 unspecified atom stereocenters. The van der Waals surface area contributed by atoms with E-state index in [0.29, 0.717) is 11.1 Å². The third-order valence-corrected chi connectivity index (χ3v) is 3.44. The predicted molar refractivity (Wildman–Crippen MR) is 84.9 cm³/mol. The fourth-order valence-electron chi connectivity index (χ4n) is 2.18. The summed E-state index contributed by atoms with van der Waals surface area (Å²) in [6, 6.07) is 16.9. The van der Waals surface area contributed by atoms with Crippen LogP contribution in [0.15, 0.2) is 72.8 Å². The van der Waals surface area contributed by atoms with Crippen molar-refractivity contribution in [1.29, 1.82) is 0 Å². The molecule has 0 N–H and O–H groups in total. The normalized spacial score (nSPS) is 10.3. The van der Waals surface area contributed by atoms with Gasteiger partial charge < -0.3 is 0 Å². The average Bonchev–Trinajstić information content (AvgIpc) is 2.56. The van der Waals surface area contributed by atoms with Gasteiger partial charge in [0.1, 0.15) is 5.92 Å². The van der Waals surface area contributed by atoms with Crippen LogP contribution in [0.5, 0.6) is 0 Å². The van der Waals surface area contributed by atoms with Crippen molar-refractivity contribution in [2.75, 3.05) is 0 Å². The molecule has 0 atom stereocenters. The van der Waals surface area contributed by atoms with Crippen LogP contribution in [0.25, 0.3) is 0 Å². The van der Waals surface area contributed by atoms with Gasteiger partial charge in [-0.05, 0) is 6.92 Å². The summed E-state index contributed by atoms with van der Waals surface area (Å²) in [5.41, 5.74) is 0.793. The fourth-order valence-corrected chi connectivity index (χ4v) is 2.18. The standard InChI is InChI=1S/C19H16O3/c1-13(14(2)20)17(18(21)15-9-5-3-6-10-15)19(22)16-11-7-4-8-12-16/h3-12,17H,1H2,2H3. The Morgan fingerprint density at radius 2 is 1.14 bits per heavy atom. The maximum Gasteiger partial charge on any atom is 0.178 e. The molecular weight excluding hydrogens is 276 g/mol. The first-order chi connectivity index (χ1) is 10.5. The third-order valence-electron chi connectivity index (χ3n) is 3.44. The molecule has 0 aliphatic rings. The Balaban J connectivity index is 2.44. The molecule has 2 aromatic carbocycles. The first-order valence-electron chi connectivity index (χ1n) is 6.90. The number of allylic oxidation sites excluding steroid dienone is 1. The van der Waals surface area contributed by atoms with E-state index in [1.165, 1.54) is 6.92 Å². The highest BCUT2D eigenvalue weighted by molar-refractivity contribution is 6.22. The van der Waals surface area contributed by atoms with Crippen LogP contribution in [0.1, 0.15) is 27.6 Å². The van der Waals surface area contributed by atoms with Crippen molar-refractivity contribution in [2.45, 2.75) is 6.92 Å². The zero-order chi connectivity index (χ0) is 16.1. The highest BCUT2D eigenvalue weighted by atomic mass is 16.2. The monoisotopic (exact) mass is 292 g/mol. The molecule has 22 heavy (non-hydrogen) atoms. The number of carbonyl (C=O) groups is 3. The Labute approximate surface area is 129 Å². The lowest BCUT2D eigenvalue weighted by Gasteiger charge is -2.16. The van der Waals surface area contributed by atoms with E-state index in [1.807, 2.05) is 0 Å². The van der Waals surface area contributed by atoms with Gasteiger partial charge in [0, 0.05) is 16.7 Å². The van der Waals surface area contributed by atoms with Gasteiger partial charge in [-0.3, -0.25) is 14.4 Å². The van der Waals surface area contributed by atoms with Gasteiger partial charge in [0.2, 0.25) is 0 Å². The van der Waals surface area contributed by atoms with E-state index in [1.54, 1.807) is 60.7 Å². The molecule has 2 rings (SSSR count). The van der Waals surface area contributed by atoms with Gasteiger partial charge in [-0.15, -0.1) is 0 Å². The Morgan fingerprint density at radius 1 is 0.773 bits per heavy atom. The number of hydrogen-bond acceptors (Lipinski definition) is 3. The van der Waals surface area contributed by atoms with E-state index >= 15 is 0 Å². The maximum absolute atomic E-state index is 12.7.